The van der Waals surface area contributed by atoms with Crippen molar-refractivity contribution in [2.24, 2.45) is 0 Å². The molecule has 0 aliphatic heterocycles. The van der Waals surface area contributed by atoms with Gasteiger partial charge in [0.15, 0.2) is 11.6 Å². The summed E-state index contributed by atoms with van der Waals surface area (Å²) in [6, 6.07) is 6.69. The first-order chi connectivity index (χ1) is 13.2. The summed E-state index contributed by atoms with van der Waals surface area (Å²) in [6.07, 6.45) is 6.91. The van der Waals surface area contributed by atoms with E-state index in [2.05, 4.69) is 25.4 Å². The Balaban J connectivity index is 1.26. The SMILES string of the molecule is O=C(CCCc1nc(C2CC2)no1)Nc1cnc(-c2cccc(O)c2)nc1. The molecule has 1 fully saturated rings. The molecule has 1 aliphatic rings. The van der Waals surface area contributed by atoms with E-state index in [1.54, 1.807) is 36.7 Å². The van der Waals surface area contributed by atoms with E-state index in [1.807, 2.05) is 0 Å². The lowest BCUT2D eigenvalue weighted by atomic mass is 10.2. The van der Waals surface area contributed by atoms with Crippen LogP contribution < -0.4 is 5.32 Å². The first-order valence-corrected chi connectivity index (χ1v) is 8.91. The molecule has 0 bridgehead atoms. The Labute approximate surface area is 155 Å². The fourth-order valence-corrected chi connectivity index (χ4v) is 2.69. The molecule has 8 heteroatoms. The van der Waals surface area contributed by atoms with E-state index in [0.29, 0.717) is 48.1 Å². The third kappa shape index (κ3) is 4.46. The number of aromatic hydroxyl groups is 1. The smallest absolute Gasteiger partial charge is 0.226 e. The lowest BCUT2D eigenvalue weighted by molar-refractivity contribution is -0.116. The molecule has 1 aliphatic carbocycles. The van der Waals surface area contributed by atoms with Crippen LogP contribution in [0.2, 0.25) is 0 Å². The van der Waals surface area contributed by atoms with Crippen molar-refractivity contribution >= 4 is 11.6 Å². The predicted octanol–water partition coefficient (Wildman–Crippen LogP) is 3.07. The lowest BCUT2D eigenvalue weighted by Crippen LogP contribution is -2.12. The van der Waals surface area contributed by atoms with Crippen LogP contribution >= 0.6 is 0 Å². The minimum atomic E-state index is -0.120. The Hall–Kier alpha value is -3.29. The van der Waals surface area contributed by atoms with Gasteiger partial charge in [0.25, 0.3) is 0 Å². The van der Waals surface area contributed by atoms with E-state index < -0.39 is 0 Å². The van der Waals surface area contributed by atoms with Crippen LogP contribution in [0.15, 0.2) is 41.2 Å². The summed E-state index contributed by atoms with van der Waals surface area (Å²) in [7, 11) is 0. The van der Waals surface area contributed by atoms with Crippen LogP contribution in [-0.2, 0) is 11.2 Å². The molecule has 0 atom stereocenters. The van der Waals surface area contributed by atoms with Gasteiger partial charge >= 0.3 is 0 Å². The van der Waals surface area contributed by atoms with Crippen molar-refractivity contribution in [3.8, 4) is 17.1 Å². The number of amides is 1. The summed E-state index contributed by atoms with van der Waals surface area (Å²) in [5.74, 6) is 2.35. The minimum absolute atomic E-state index is 0.120. The van der Waals surface area contributed by atoms with E-state index >= 15 is 0 Å². The number of benzene rings is 1. The largest absolute Gasteiger partial charge is 0.508 e. The van der Waals surface area contributed by atoms with Crippen LogP contribution in [0.5, 0.6) is 5.75 Å². The maximum absolute atomic E-state index is 12.1. The zero-order chi connectivity index (χ0) is 18.6. The van der Waals surface area contributed by atoms with Crippen molar-refractivity contribution in [1.82, 2.24) is 20.1 Å². The molecule has 8 nitrogen and oxygen atoms in total. The van der Waals surface area contributed by atoms with E-state index in [0.717, 1.165) is 18.7 Å². The molecule has 4 rings (SSSR count). The molecular weight excluding hydrogens is 346 g/mol. The molecule has 0 spiro atoms. The Bertz CT molecular complexity index is 935. The van der Waals surface area contributed by atoms with Gasteiger partial charge in [0.2, 0.25) is 11.8 Å². The van der Waals surface area contributed by atoms with Crippen molar-refractivity contribution in [1.29, 1.82) is 0 Å². The number of nitrogens with one attached hydrogen (secondary N) is 1. The molecule has 27 heavy (non-hydrogen) atoms. The highest BCUT2D eigenvalue weighted by atomic mass is 16.5. The van der Waals surface area contributed by atoms with Gasteiger partial charge in [-0.1, -0.05) is 17.3 Å². The maximum atomic E-state index is 12.1. The molecule has 138 valence electrons. The number of carbonyl (C=O) groups is 1. The summed E-state index contributed by atoms with van der Waals surface area (Å²) in [6.45, 7) is 0. The zero-order valence-electron chi connectivity index (χ0n) is 14.6. The molecule has 0 radical (unpaired) electrons. The van der Waals surface area contributed by atoms with Gasteiger partial charge in [-0.15, -0.1) is 0 Å². The molecule has 1 amide bonds. The Kier molecular flexibility index (Phi) is 4.78. The number of hydrogen-bond donors (Lipinski definition) is 2. The van der Waals surface area contributed by atoms with Gasteiger partial charge < -0.3 is 14.9 Å². The number of aromatic nitrogens is 4. The van der Waals surface area contributed by atoms with Crippen LogP contribution in [0.4, 0.5) is 5.69 Å². The van der Waals surface area contributed by atoms with Crippen molar-refractivity contribution in [3.05, 3.63) is 48.4 Å². The zero-order valence-corrected chi connectivity index (χ0v) is 14.6. The lowest BCUT2D eigenvalue weighted by Gasteiger charge is -2.05. The average molecular weight is 365 g/mol. The summed E-state index contributed by atoms with van der Waals surface area (Å²) in [5.41, 5.74) is 1.23. The van der Waals surface area contributed by atoms with Gasteiger partial charge in [-0.2, -0.15) is 4.98 Å². The predicted molar refractivity (Wildman–Crippen MR) is 97.0 cm³/mol. The van der Waals surface area contributed by atoms with Crippen LogP contribution in [0.3, 0.4) is 0 Å². The number of rotatable bonds is 7. The highest BCUT2D eigenvalue weighted by Gasteiger charge is 2.28. The van der Waals surface area contributed by atoms with Crippen molar-refractivity contribution in [2.45, 2.75) is 38.0 Å². The second-order valence-electron chi connectivity index (χ2n) is 6.57. The van der Waals surface area contributed by atoms with Crippen LogP contribution in [-0.4, -0.2) is 31.1 Å². The van der Waals surface area contributed by atoms with Gasteiger partial charge in [0.05, 0.1) is 18.1 Å². The highest BCUT2D eigenvalue weighted by Crippen LogP contribution is 2.38. The number of anilines is 1. The Morgan fingerprint density at radius 1 is 1.26 bits per heavy atom. The van der Waals surface area contributed by atoms with Crippen molar-refractivity contribution in [3.63, 3.8) is 0 Å². The summed E-state index contributed by atoms with van der Waals surface area (Å²) in [4.78, 5) is 24.9. The molecule has 2 heterocycles. The third-order valence-electron chi connectivity index (χ3n) is 4.26. The number of carbonyl (C=O) groups excluding carboxylic acids is 1. The molecule has 0 unspecified atom stereocenters. The molecule has 2 N–H and O–H groups in total. The third-order valence-corrected chi connectivity index (χ3v) is 4.26. The van der Waals surface area contributed by atoms with E-state index in [4.69, 9.17) is 4.52 Å². The molecule has 0 saturated heterocycles. The highest BCUT2D eigenvalue weighted by molar-refractivity contribution is 5.90. The normalized spacial score (nSPS) is 13.5. The number of hydrogen-bond acceptors (Lipinski definition) is 7. The first-order valence-electron chi connectivity index (χ1n) is 8.91. The molecule has 1 aromatic carbocycles. The van der Waals surface area contributed by atoms with Crippen molar-refractivity contribution in [2.75, 3.05) is 5.32 Å². The van der Waals surface area contributed by atoms with Gasteiger partial charge in [0.1, 0.15) is 5.75 Å². The number of aryl methyl sites for hydroxylation is 1. The summed E-state index contributed by atoms with van der Waals surface area (Å²) >= 11 is 0. The Morgan fingerprint density at radius 2 is 2.07 bits per heavy atom. The van der Waals surface area contributed by atoms with Crippen LogP contribution in [0, 0.1) is 0 Å². The van der Waals surface area contributed by atoms with Gasteiger partial charge in [-0.05, 0) is 31.4 Å². The van der Waals surface area contributed by atoms with Crippen LogP contribution in [0.25, 0.3) is 11.4 Å². The second kappa shape index (κ2) is 7.53. The standard InChI is InChI=1S/C19H19N5O3/c25-15-4-1-3-13(9-15)18-20-10-14(11-21-18)22-16(26)5-2-6-17-23-19(24-27-17)12-7-8-12/h1,3-4,9-12,25H,2,5-8H2,(H,22,26). The molecule has 3 aromatic rings. The quantitative estimate of drug-likeness (QED) is 0.661. The molecular formula is C19H19N5O3. The van der Waals surface area contributed by atoms with Crippen LogP contribution in [0.1, 0.15) is 43.3 Å². The minimum Gasteiger partial charge on any atom is -0.508 e. The summed E-state index contributed by atoms with van der Waals surface area (Å²) in [5, 5.41) is 16.3. The summed E-state index contributed by atoms with van der Waals surface area (Å²) < 4.78 is 5.20. The van der Waals surface area contributed by atoms with E-state index in [-0.39, 0.29) is 11.7 Å². The van der Waals surface area contributed by atoms with E-state index in [9.17, 15) is 9.90 Å². The number of nitrogens with zero attached hydrogens (tertiary/aromatic N) is 4. The van der Waals surface area contributed by atoms with Gasteiger partial charge in [-0.25, -0.2) is 9.97 Å². The fourth-order valence-electron chi connectivity index (χ4n) is 2.69. The fraction of sp³-hybridized carbons (Fsp3) is 0.316. The number of phenols is 1. The second-order valence-corrected chi connectivity index (χ2v) is 6.57. The topological polar surface area (TPSA) is 114 Å². The van der Waals surface area contributed by atoms with Crippen molar-refractivity contribution < 1.29 is 14.4 Å². The van der Waals surface area contributed by atoms with Gasteiger partial charge in [-0.3, -0.25) is 4.79 Å². The average Bonchev–Trinajstić information content (AvgIpc) is 3.41. The Morgan fingerprint density at radius 3 is 2.81 bits per heavy atom. The molecule has 1 saturated carbocycles. The van der Waals surface area contributed by atoms with E-state index in [1.165, 1.54) is 0 Å². The number of phenolic OH excluding ortho intramolecular Hbond substituents is 1. The first kappa shape index (κ1) is 17.1. The maximum Gasteiger partial charge on any atom is 0.226 e. The molecule has 2 aromatic heterocycles. The monoisotopic (exact) mass is 365 g/mol. The van der Waals surface area contributed by atoms with Gasteiger partial charge in [0, 0.05) is 24.3 Å².